The molecule has 0 aliphatic carbocycles. The maximum atomic E-state index is 12.8. The second-order valence-electron chi connectivity index (χ2n) is 6.01. The molecule has 26 heavy (non-hydrogen) atoms. The van der Waals surface area contributed by atoms with Gasteiger partial charge in [-0.25, -0.2) is 0 Å². The summed E-state index contributed by atoms with van der Waals surface area (Å²) in [5.74, 6) is -0.403. The lowest BCUT2D eigenvalue weighted by Gasteiger charge is -2.26. The average Bonchev–Trinajstić information content (AvgIpc) is 2.74. The largest absolute Gasteiger partial charge is 0.324 e. The molecule has 0 fully saturated rings. The van der Waals surface area contributed by atoms with Crippen molar-refractivity contribution in [3.8, 4) is 0 Å². The van der Waals surface area contributed by atoms with Gasteiger partial charge in [0.2, 0.25) is 5.91 Å². The van der Waals surface area contributed by atoms with Crippen molar-refractivity contribution in [3.63, 3.8) is 0 Å². The summed E-state index contributed by atoms with van der Waals surface area (Å²) < 4.78 is 0. The molecule has 132 valence electrons. The third kappa shape index (κ3) is 3.61. The van der Waals surface area contributed by atoms with Crippen molar-refractivity contribution < 1.29 is 14.5 Å². The molecule has 0 saturated carbocycles. The lowest BCUT2D eigenvalue weighted by molar-refractivity contribution is -0.384. The maximum absolute atomic E-state index is 12.8. The predicted octanol–water partition coefficient (Wildman–Crippen LogP) is 3.37. The van der Waals surface area contributed by atoms with E-state index in [1.807, 2.05) is 13.0 Å². The van der Waals surface area contributed by atoms with Crippen LogP contribution < -0.4 is 10.2 Å². The van der Waals surface area contributed by atoms with Gasteiger partial charge in [-0.15, -0.1) is 0 Å². The molecule has 1 heterocycles. The highest BCUT2D eigenvalue weighted by Gasteiger charge is 2.28. The highest BCUT2D eigenvalue weighted by atomic mass is 16.6. The SMILES string of the molecule is CC1CC(=O)Nc2ccccc2N1C(=O)/C=C/c1ccc([N+](=O)[O-])cc1. The van der Waals surface area contributed by atoms with Gasteiger partial charge in [-0.3, -0.25) is 19.7 Å². The molecule has 2 amide bonds. The summed E-state index contributed by atoms with van der Waals surface area (Å²) >= 11 is 0. The van der Waals surface area contributed by atoms with E-state index < -0.39 is 4.92 Å². The summed E-state index contributed by atoms with van der Waals surface area (Å²) in [6.45, 7) is 1.82. The van der Waals surface area contributed by atoms with Crippen molar-refractivity contribution in [1.29, 1.82) is 0 Å². The second kappa shape index (κ2) is 7.18. The minimum absolute atomic E-state index is 0.00636. The molecule has 0 radical (unpaired) electrons. The number of rotatable bonds is 3. The van der Waals surface area contributed by atoms with Crippen molar-refractivity contribution in [2.75, 3.05) is 10.2 Å². The molecule has 7 heteroatoms. The summed E-state index contributed by atoms with van der Waals surface area (Å²) in [4.78, 5) is 36.5. The number of fused-ring (bicyclic) bond motifs is 1. The van der Waals surface area contributed by atoms with Crippen molar-refractivity contribution >= 4 is 35.0 Å². The number of hydrogen-bond acceptors (Lipinski definition) is 4. The minimum Gasteiger partial charge on any atom is -0.324 e. The second-order valence-corrected chi connectivity index (χ2v) is 6.01. The number of carbonyl (C=O) groups is 2. The number of non-ortho nitro benzene ring substituents is 1. The van der Waals surface area contributed by atoms with Crippen molar-refractivity contribution in [2.45, 2.75) is 19.4 Å². The molecule has 1 unspecified atom stereocenters. The van der Waals surface area contributed by atoms with Crippen LogP contribution in [0.15, 0.2) is 54.6 Å². The van der Waals surface area contributed by atoms with Gasteiger partial charge in [-0.05, 0) is 42.8 Å². The molecule has 0 aromatic heterocycles. The lowest BCUT2D eigenvalue weighted by atomic mass is 10.1. The zero-order valence-electron chi connectivity index (χ0n) is 14.1. The first-order valence-electron chi connectivity index (χ1n) is 8.10. The topological polar surface area (TPSA) is 92.6 Å². The molecule has 7 nitrogen and oxygen atoms in total. The molecular weight excluding hydrogens is 334 g/mol. The quantitative estimate of drug-likeness (QED) is 0.521. The average molecular weight is 351 g/mol. The van der Waals surface area contributed by atoms with Crippen LogP contribution >= 0.6 is 0 Å². The number of anilines is 2. The molecule has 0 saturated heterocycles. The molecule has 2 aromatic rings. The van der Waals surface area contributed by atoms with Crippen molar-refractivity contribution in [2.24, 2.45) is 0 Å². The number of nitro benzene ring substituents is 1. The smallest absolute Gasteiger partial charge is 0.269 e. The lowest BCUT2D eigenvalue weighted by Crippen LogP contribution is -2.37. The van der Waals surface area contributed by atoms with E-state index in [2.05, 4.69) is 5.32 Å². The predicted molar refractivity (Wildman–Crippen MR) is 98.8 cm³/mol. The van der Waals surface area contributed by atoms with Gasteiger partial charge in [0.25, 0.3) is 11.6 Å². The maximum Gasteiger partial charge on any atom is 0.269 e. The van der Waals surface area contributed by atoms with Gasteiger partial charge < -0.3 is 10.2 Å². The molecule has 3 rings (SSSR count). The van der Waals surface area contributed by atoms with Gasteiger partial charge >= 0.3 is 0 Å². The highest BCUT2D eigenvalue weighted by molar-refractivity contribution is 6.09. The summed E-state index contributed by atoms with van der Waals surface area (Å²) in [6.07, 6.45) is 3.21. The monoisotopic (exact) mass is 351 g/mol. The Bertz CT molecular complexity index is 890. The summed E-state index contributed by atoms with van der Waals surface area (Å²) in [5, 5.41) is 13.5. The molecule has 0 bridgehead atoms. The van der Waals surface area contributed by atoms with Crippen LogP contribution in [0.3, 0.4) is 0 Å². The Balaban J connectivity index is 1.86. The first kappa shape index (κ1) is 17.3. The van der Waals surface area contributed by atoms with Crippen LogP contribution in [0.25, 0.3) is 6.08 Å². The van der Waals surface area contributed by atoms with Crippen molar-refractivity contribution in [3.05, 3.63) is 70.3 Å². The Labute approximate surface area is 150 Å². The number of nitro groups is 1. The third-order valence-electron chi connectivity index (χ3n) is 4.12. The number of para-hydroxylation sites is 2. The van der Waals surface area contributed by atoms with E-state index in [4.69, 9.17) is 0 Å². The van der Waals surface area contributed by atoms with E-state index in [-0.39, 0.29) is 30.0 Å². The van der Waals surface area contributed by atoms with E-state index in [1.54, 1.807) is 41.3 Å². The number of benzene rings is 2. The van der Waals surface area contributed by atoms with Crippen LogP contribution in [0.4, 0.5) is 17.1 Å². The minimum atomic E-state index is -0.474. The van der Waals surface area contributed by atoms with E-state index in [0.29, 0.717) is 16.9 Å². The highest BCUT2D eigenvalue weighted by Crippen LogP contribution is 2.31. The molecule has 2 aromatic carbocycles. The van der Waals surface area contributed by atoms with Gasteiger partial charge in [0, 0.05) is 30.7 Å². The van der Waals surface area contributed by atoms with Gasteiger partial charge in [-0.1, -0.05) is 12.1 Å². The number of amides is 2. The molecule has 0 spiro atoms. The van der Waals surface area contributed by atoms with E-state index >= 15 is 0 Å². The molecular formula is C19H17N3O4. The summed E-state index contributed by atoms with van der Waals surface area (Å²) in [6, 6.07) is 12.8. The third-order valence-corrected chi connectivity index (χ3v) is 4.12. The Hall–Kier alpha value is -3.48. The fraction of sp³-hybridized carbons (Fsp3) is 0.158. The zero-order chi connectivity index (χ0) is 18.7. The van der Waals surface area contributed by atoms with Crippen LogP contribution in [0.2, 0.25) is 0 Å². The molecule has 1 N–H and O–H groups in total. The van der Waals surface area contributed by atoms with Gasteiger partial charge in [-0.2, -0.15) is 0 Å². The van der Waals surface area contributed by atoms with Gasteiger partial charge in [0.15, 0.2) is 0 Å². The first-order valence-corrected chi connectivity index (χ1v) is 8.10. The van der Waals surface area contributed by atoms with Gasteiger partial charge in [0.05, 0.1) is 16.3 Å². The number of hydrogen-bond donors (Lipinski definition) is 1. The molecule has 1 aliphatic rings. The normalized spacial score (nSPS) is 16.7. The summed E-state index contributed by atoms with van der Waals surface area (Å²) in [7, 11) is 0. The van der Waals surface area contributed by atoms with Crippen LogP contribution in [-0.4, -0.2) is 22.8 Å². The van der Waals surface area contributed by atoms with Crippen LogP contribution in [-0.2, 0) is 9.59 Å². The Kier molecular flexibility index (Phi) is 4.79. The molecule has 1 atom stereocenters. The standard InChI is InChI=1S/C19H17N3O4/c1-13-12-18(23)20-16-4-2-3-5-17(16)21(13)19(24)11-8-14-6-9-15(10-7-14)22(25)26/h2-11,13H,12H2,1H3,(H,20,23)/b11-8+. The number of nitrogens with zero attached hydrogens (tertiary/aromatic N) is 2. The number of nitrogens with one attached hydrogen (secondary N) is 1. The Morgan fingerprint density at radius 3 is 2.62 bits per heavy atom. The van der Waals surface area contributed by atoms with E-state index in [0.717, 1.165) is 0 Å². The Morgan fingerprint density at radius 2 is 1.92 bits per heavy atom. The fourth-order valence-corrected chi connectivity index (χ4v) is 2.88. The molecule has 1 aliphatic heterocycles. The Morgan fingerprint density at radius 1 is 1.23 bits per heavy atom. The first-order chi connectivity index (χ1) is 12.5. The van der Waals surface area contributed by atoms with Crippen LogP contribution in [0.1, 0.15) is 18.9 Å². The van der Waals surface area contributed by atoms with E-state index in [9.17, 15) is 19.7 Å². The van der Waals surface area contributed by atoms with Crippen molar-refractivity contribution in [1.82, 2.24) is 0 Å². The van der Waals surface area contributed by atoms with Crippen LogP contribution in [0.5, 0.6) is 0 Å². The van der Waals surface area contributed by atoms with Gasteiger partial charge in [0.1, 0.15) is 0 Å². The zero-order valence-corrected chi connectivity index (χ0v) is 14.1. The fourth-order valence-electron chi connectivity index (χ4n) is 2.88. The van der Waals surface area contributed by atoms with E-state index in [1.165, 1.54) is 18.2 Å². The number of carbonyl (C=O) groups excluding carboxylic acids is 2. The summed E-state index contributed by atoms with van der Waals surface area (Å²) in [5.41, 5.74) is 1.91. The van der Waals surface area contributed by atoms with Crippen LogP contribution in [0, 0.1) is 10.1 Å².